The standard InChI is InChI=1S/C26H39BrO3Si/c1-8-19-21(16-29-15-18-12-10-9-11-13-18)22(27)14-20-23(19)24(28)17(2)25(20)30-31(6,7)26(3,4)5/h8-14,17,19-21,23-25,28H,1,15-16H2,2-7H3/t17-,19+,20+,21+,23-,24-,25+/m1/s1. The first-order valence-corrected chi connectivity index (χ1v) is 15.2. The lowest BCUT2D eigenvalue weighted by molar-refractivity contribution is 0.0289. The molecule has 3 rings (SSSR count). The van der Waals surface area contributed by atoms with Crippen LogP contribution in [0.15, 0.2) is 53.5 Å². The van der Waals surface area contributed by atoms with Gasteiger partial charge in [0.15, 0.2) is 8.32 Å². The van der Waals surface area contributed by atoms with Crippen molar-refractivity contribution in [2.45, 2.75) is 64.6 Å². The summed E-state index contributed by atoms with van der Waals surface area (Å²) in [4.78, 5) is 0. The van der Waals surface area contributed by atoms with Crippen LogP contribution in [-0.2, 0) is 15.8 Å². The molecule has 1 saturated carbocycles. The molecular weight excluding hydrogens is 468 g/mol. The Bertz CT molecular complexity index is 786. The van der Waals surface area contributed by atoms with E-state index in [-0.39, 0.29) is 40.7 Å². The Balaban J connectivity index is 1.79. The first-order valence-electron chi connectivity index (χ1n) is 11.4. The number of aliphatic hydroxyl groups excluding tert-OH is 1. The Kier molecular flexibility index (Phi) is 7.75. The zero-order valence-corrected chi connectivity index (χ0v) is 22.4. The Morgan fingerprint density at radius 2 is 1.84 bits per heavy atom. The van der Waals surface area contributed by atoms with E-state index in [2.05, 4.69) is 81.5 Å². The van der Waals surface area contributed by atoms with Gasteiger partial charge in [0.1, 0.15) is 0 Å². The predicted octanol–water partition coefficient (Wildman–Crippen LogP) is 6.55. The number of hydrogen-bond acceptors (Lipinski definition) is 3. The molecule has 5 heteroatoms. The van der Waals surface area contributed by atoms with Crippen molar-refractivity contribution in [3.63, 3.8) is 0 Å². The third-order valence-corrected chi connectivity index (χ3v) is 13.1. The number of aliphatic hydroxyl groups is 1. The minimum absolute atomic E-state index is 0.0297. The van der Waals surface area contributed by atoms with Crippen molar-refractivity contribution < 1.29 is 14.3 Å². The number of halogens is 1. The number of rotatable bonds is 7. The Morgan fingerprint density at radius 3 is 2.42 bits per heavy atom. The highest BCUT2D eigenvalue weighted by Gasteiger charge is 2.55. The molecule has 172 valence electrons. The molecule has 0 spiro atoms. The molecule has 0 bridgehead atoms. The van der Waals surface area contributed by atoms with E-state index in [0.29, 0.717) is 13.2 Å². The molecule has 1 N–H and O–H groups in total. The minimum atomic E-state index is -1.95. The molecule has 0 saturated heterocycles. The number of hydrogen-bond donors (Lipinski definition) is 1. The fraction of sp³-hybridized carbons (Fsp3) is 0.615. The maximum Gasteiger partial charge on any atom is 0.192 e. The van der Waals surface area contributed by atoms with Gasteiger partial charge < -0.3 is 14.3 Å². The third-order valence-electron chi connectivity index (χ3n) is 7.81. The van der Waals surface area contributed by atoms with Crippen LogP contribution in [0.1, 0.15) is 33.3 Å². The van der Waals surface area contributed by atoms with Crippen molar-refractivity contribution >= 4 is 24.2 Å². The maximum absolute atomic E-state index is 11.3. The molecule has 31 heavy (non-hydrogen) atoms. The zero-order valence-electron chi connectivity index (χ0n) is 19.8. The second kappa shape index (κ2) is 9.64. The SMILES string of the molecule is C=C[C@@H]1[C@H]2[C@H](O)[C@@H](C)[C@H](O[Si](C)(C)C(C)(C)C)[C@H]2C=C(Br)[C@H]1COCc1ccccc1. The Hall–Kier alpha value is -0.723. The number of fused-ring (bicyclic) bond motifs is 1. The highest BCUT2D eigenvalue weighted by molar-refractivity contribution is 9.11. The van der Waals surface area contributed by atoms with E-state index >= 15 is 0 Å². The van der Waals surface area contributed by atoms with Gasteiger partial charge in [0.2, 0.25) is 0 Å². The molecule has 1 aromatic rings. The van der Waals surface area contributed by atoms with Crippen molar-refractivity contribution in [3.05, 3.63) is 59.1 Å². The molecule has 0 radical (unpaired) electrons. The fourth-order valence-electron chi connectivity index (χ4n) is 4.88. The van der Waals surface area contributed by atoms with E-state index in [9.17, 15) is 5.11 Å². The number of benzene rings is 1. The van der Waals surface area contributed by atoms with Crippen LogP contribution in [0.3, 0.4) is 0 Å². The van der Waals surface area contributed by atoms with Gasteiger partial charge >= 0.3 is 0 Å². The van der Waals surface area contributed by atoms with Gasteiger partial charge in [-0.15, -0.1) is 6.58 Å². The molecule has 0 aromatic heterocycles. The Labute approximate surface area is 198 Å². The van der Waals surface area contributed by atoms with Gasteiger partial charge in [-0.2, -0.15) is 0 Å². The molecule has 1 aromatic carbocycles. The lowest BCUT2D eigenvalue weighted by Crippen LogP contribution is -2.47. The monoisotopic (exact) mass is 506 g/mol. The van der Waals surface area contributed by atoms with Gasteiger partial charge in [0.25, 0.3) is 0 Å². The first kappa shape index (κ1) is 24.9. The van der Waals surface area contributed by atoms with Crippen LogP contribution in [0.25, 0.3) is 0 Å². The summed E-state index contributed by atoms with van der Waals surface area (Å²) in [7, 11) is -1.95. The van der Waals surface area contributed by atoms with Crippen molar-refractivity contribution in [1.82, 2.24) is 0 Å². The Morgan fingerprint density at radius 1 is 1.19 bits per heavy atom. The average Bonchev–Trinajstić information content (AvgIpc) is 2.92. The maximum atomic E-state index is 11.3. The lowest BCUT2D eigenvalue weighted by Gasteiger charge is -2.43. The first-order chi connectivity index (χ1) is 14.5. The second-order valence-corrected chi connectivity index (χ2v) is 16.5. The molecule has 2 aliphatic rings. The van der Waals surface area contributed by atoms with E-state index in [0.717, 1.165) is 4.48 Å². The highest BCUT2D eigenvalue weighted by atomic mass is 79.9. The fourth-order valence-corrected chi connectivity index (χ4v) is 7.03. The zero-order chi connectivity index (χ0) is 23.0. The van der Waals surface area contributed by atoms with Crippen LogP contribution < -0.4 is 0 Å². The van der Waals surface area contributed by atoms with E-state index in [1.165, 1.54) is 5.56 Å². The molecule has 0 heterocycles. The summed E-state index contributed by atoms with van der Waals surface area (Å²) >= 11 is 3.85. The highest BCUT2D eigenvalue weighted by Crippen LogP contribution is 2.53. The molecule has 0 aliphatic heterocycles. The van der Waals surface area contributed by atoms with Crippen LogP contribution in [-0.4, -0.2) is 32.2 Å². The molecular formula is C26H39BrO3Si. The summed E-state index contributed by atoms with van der Waals surface area (Å²) in [6.07, 6.45) is 3.94. The second-order valence-electron chi connectivity index (χ2n) is 10.8. The van der Waals surface area contributed by atoms with Crippen LogP contribution in [0, 0.1) is 29.6 Å². The van der Waals surface area contributed by atoms with Crippen molar-refractivity contribution in [3.8, 4) is 0 Å². The van der Waals surface area contributed by atoms with Gasteiger partial charge in [0, 0.05) is 23.7 Å². The van der Waals surface area contributed by atoms with Crippen molar-refractivity contribution in [1.29, 1.82) is 0 Å². The predicted molar refractivity (Wildman–Crippen MR) is 135 cm³/mol. The van der Waals surface area contributed by atoms with Gasteiger partial charge in [-0.1, -0.05) is 86.1 Å². The summed E-state index contributed by atoms with van der Waals surface area (Å²) in [5.74, 6) is 0.685. The van der Waals surface area contributed by atoms with E-state index in [1.807, 2.05) is 24.3 Å². The summed E-state index contributed by atoms with van der Waals surface area (Å²) in [5.41, 5.74) is 1.17. The van der Waals surface area contributed by atoms with Gasteiger partial charge in [-0.25, -0.2) is 0 Å². The quantitative estimate of drug-likeness (QED) is 0.336. The van der Waals surface area contributed by atoms with Crippen LogP contribution in [0.2, 0.25) is 18.1 Å². The summed E-state index contributed by atoms with van der Waals surface area (Å²) < 4.78 is 14.1. The molecule has 2 aliphatic carbocycles. The largest absolute Gasteiger partial charge is 0.413 e. The lowest BCUT2D eigenvalue weighted by atomic mass is 9.71. The van der Waals surface area contributed by atoms with Crippen LogP contribution in [0.4, 0.5) is 0 Å². The van der Waals surface area contributed by atoms with Crippen LogP contribution in [0.5, 0.6) is 0 Å². The summed E-state index contributed by atoms with van der Waals surface area (Å²) in [5, 5.41) is 11.4. The number of allylic oxidation sites excluding steroid dienone is 1. The summed E-state index contributed by atoms with van der Waals surface area (Å²) in [6, 6.07) is 10.2. The molecule has 0 unspecified atom stereocenters. The van der Waals surface area contributed by atoms with E-state index < -0.39 is 14.4 Å². The minimum Gasteiger partial charge on any atom is -0.413 e. The van der Waals surface area contributed by atoms with E-state index in [1.54, 1.807) is 0 Å². The van der Waals surface area contributed by atoms with Crippen molar-refractivity contribution in [2.24, 2.45) is 29.6 Å². The molecule has 1 fully saturated rings. The van der Waals surface area contributed by atoms with Gasteiger partial charge in [0.05, 0.1) is 25.4 Å². The third kappa shape index (κ3) is 5.11. The van der Waals surface area contributed by atoms with Gasteiger partial charge in [-0.3, -0.25) is 0 Å². The van der Waals surface area contributed by atoms with Crippen LogP contribution >= 0.6 is 15.9 Å². The smallest absolute Gasteiger partial charge is 0.192 e. The molecule has 0 amide bonds. The average molecular weight is 508 g/mol. The van der Waals surface area contributed by atoms with E-state index in [4.69, 9.17) is 9.16 Å². The van der Waals surface area contributed by atoms with Crippen molar-refractivity contribution in [2.75, 3.05) is 6.61 Å². The molecule has 7 atom stereocenters. The normalized spacial score (nSPS) is 33.7. The van der Waals surface area contributed by atoms with Gasteiger partial charge in [-0.05, 0) is 34.1 Å². The number of ether oxygens (including phenoxy) is 1. The molecule has 3 nitrogen and oxygen atoms in total. The topological polar surface area (TPSA) is 38.7 Å². The summed E-state index contributed by atoms with van der Waals surface area (Å²) in [6.45, 7) is 18.9.